The van der Waals surface area contributed by atoms with Crippen molar-refractivity contribution >= 4 is 27.3 Å². The van der Waals surface area contributed by atoms with Crippen molar-refractivity contribution in [3.05, 3.63) is 61.2 Å². The van der Waals surface area contributed by atoms with Gasteiger partial charge in [-0.05, 0) is 24.3 Å². The summed E-state index contributed by atoms with van der Waals surface area (Å²) in [6.45, 7) is 3.84. The van der Waals surface area contributed by atoms with Crippen LogP contribution in [0.25, 0.3) is 0 Å². The van der Waals surface area contributed by atoms with E-state index in [9.17, 15) is 13.2 Å². The van der Waals surface area contributed by atoms with Gasteiger partial charge >= 0.3 is 0 Å². The number of ether oxygens (including phenoxy) is 2. The number of hydrogen-bond donors (Lipinski definition) is 1. The van der Waals surface area contributed by atoms with Crippen molar-refractivity contribution in [1.29, 1.82) is 0 Å². The lowest BCUT2D eigenvalue weighted by atomic mass is 10.2. The Kier molecular flexibility index (Phi) is 5.36. The first kappa shape index (κ1) is 18.8. The molecule has 0 fully saturated rings. The van der Waals surface area contributed by atoms with Gasteiger partial charge in [-0.2, -0.15) is 0 Å². The Morgan fingerprint density at radius 2 is 2.11 bits per heavy atom. The number of carbonyl (C=O) groups is 1. The molecule has 1 unspecified atom stereocenters. The molecular formula is C19H20N2O5S. The van der Waals surface area contributed by atoms with E-state index in [0.29, 0.717) is 29.5 Å². The fourth-order valence-electron chi connectivity index (χ4n) is 2.69. The molecule has 3 rings (SSSR count). The first-order valence-electron chi connectivity index (χ1n) is 8.26. The number of sulfonamides is 1. The number of anilines is 2. The highest BCUT2D eigenvalue weighted by molar-refractivity contribution is 7.92. The maximum Gasteiger partial charge on any atom is 0.267 e. The van der Waals surface area contributed by atoms with Crippen LogP contribution in [0.1, 0.15) is 0 Å². The number of fused-ring (bicyclic) bond motifs is 1. The highest BCUT2D eigenvalue weighted by Crippen LogP contribution is 2.34. The average molecular weight is 388 g/mol. The molecule has 1 atom stereocenters. The third-order valence-electron chi connectivity index (χ3n) is 3.90. The lowest BCUT2D eigenvalue weighted by molar-refractivity contribution is -0.122. The van der Waals surface area contributed by atoms with Gasteiger partial charge in [-0.1, -0.05) is 30.9 Å². The lowest BCUT2D eigenvalue weighted by Gasteiger charge is -2.33. The van der Waals surface area contributed by atoms with Crippen molar-refractivity contribution in [1.82, 2.24) is 0 Å². The molecule has 27 heavy (non-hydrogen) atoms. The first-order valence-corrected chi connectivity index (χ1v) is 10.1. The van der Waals surface area contributed by atoms with Gasteiger partial charge in [0.15, 0.2) is 6.10 Å². The molecule has 2 aromatic carbocycles. The van der Waals surface area contributed by atoms with Gasteiger partial charge in [-0.25, -0.2) is 8.42 Å². The fourth-order valence-corrected chi connectivity index (χ4v) is 3.61. The minimum atomic E-state index is -3.55. The molecule has 2 aromatic rings. The molecule has 1 heterocycles. The Hall–Kier alpha value is -3.00. The van der Waals surface area contributed by atoms with Crippen LogP contribution in [-0.4, -0.2) is 39.8 Å². The van der Waals surface area contributed by atoms with Gasteiger partial charge in [-0.15, -0.1) is 0 Å². The number of para-hydroxylation sites is 2. The molecule has 7 nitrogen and oxygen atoms in total. The summed E-state index contributed by atoms with van der Waals surface area (Å²) in [7, 11) is -3.55. The quantitative estimate of drug-likeness (QED) is 0.768. The maximum absolute atomic E-state index is 12.7. The summed E-state index contributed by atoms with van der Waals surface area (Å²) in [4.78, 5) is 12.7. The predicted molar refractivity (Wildman–Crippen MR) is 104 cm³/mol. The van der Waals surface area contributed by atoms with E-state index in [-0.39, 0.29) is 6.54 Å². The zero-order valence-corrected chi connectivity index (χ0v) is 15.6. The molecule has 0 saturated heterocycles. The standard InChI is InChI=1S/C19H20N2O5S/c1-3-11-25-15-8-6-7-14(12-15)20-19(22)18-13-21(27(2,23)24)16-9-4-5-10-17(16)26-18/h3-10,12,18H,1,11,13H2,2H3,(H,20,22). The van der Waals surface area contributed by atoms with E-state index >= 15 is 0 Å². The molecule has 142 valence electrons. The van der Waals surface area contributed by atoms with Crippen LogP contribution in [0, 0.1) is 0 Å². The third kappa shape index (κ3) is 4.40. The highest BCUT2D eigenvalue weighted by atomic mass is 32.2. The van der Waals surface area contributed by atoms with Crippen LogP contribution in [0.2, 0.25) is 0 Å². The van der Waals surface area contributed by atoms with Crippen LogP contribution in [-0.2, 0) is 14.8 Å². The molecule has 0 spiro atoms. The van der Waals surface area contributed by atoms with Crippen LogP contribution in [0.5, 0.6) is 11.5 Å². The van der Waals surface area contributed by atoms with Crippen LogP contribution in [0.3, 0.4) is 0 Å². The highest BCUT2D eigenvalue weighted by Gasteiger charge is 2.34. The molecular weight excluding hydrogens is 368 g/mol. The van der Waals surface area contributed by atoms with Crippen LogP contribution in [0.15, 0.2) is 61.2 Å². The van der Waals surface area contributed by atoms with Crippen LogP contribution < -0.4 is 19.1 Å². The minimum absolute atomic E-state index is 0.103. The van der Waals surface area contributed by atoms with Crippen molar-refractivity contribution in [2.45, 2.75) is 6.10 Å². The van der Waals surface area contributed by atoms with E-state index in [1.807, 2.05) is 0 Å². The van der Waals surface area contributed by atoms with E-state index in [1.165, 1.54) is 4.31 Å². The topological polar surface area (TPSA) is 84.9 Å². The normalized spacial score (nSPS) is 16.0. The number of rotatable bonds is 6. The second-order valence-electron chi connectivity index (χ2n) is 5.99. The van der Waals surface area contributed by atoms with Crippen LogP contribution in [0.4, 0.5) is 11.4 Å². The Balaban J connectivity index is 1.79. The van der Waals surface area contributed by atoms with Gasteiger partial charge in [0, 0.05) is 11.8 Å². The third-order valence-corrected chi connectivity index (χ3v) is 5.04. The van der Waals surface area contributed by atoms with E-state index < -0.39 is 22.0 Å². The van der Waals surface area contributed by atoms with Crippen molar-refractivity contribution in [3.8, 4) is 11.5 Å². The van der Waals surface area contributed by atoms with Gasteiger partial charge in [0.1, 0.15) is 18.1 Å². The summed E-state index contributed by atoms with van der Waals surface area (Å²) < 4.78 is 36.6. The SMILES string of the molecule is C=CCOc1cccc(NC(=O)C2CN(S(C)(=O)=O)c3ccccc3O2)c1. The summed E-state index contributed by atoms with van der Waals surface area (Å²) in [6.07, 6.45) is 1.75. The Labute approximate surface area is 158 Å². The molecule has 1 N–H and O–H groups in total. The molecule has 0 saturated carbocycles. The lowest BCUT2D eigenvalue weighted by Crippen LogP contribution is -2.48. The summed E-state index contributed by atoms with van der Waals surface area (Å²) in [5.41, 5.74) is 0.943. The van der Waals surface area contributed by atoms with Crippen molar-refractivity contribution < 1.29 is 22.7 Å². The number of carbonyl (C=O) groups excluding carboxylic acids is 1. The summed E-state index contributed by atoms with van der Waals surface area (Å²) in [6, 6.07) is 13.6. The molecule has 1 amide bonds. The number of nitrogens with zero attached hydrogens (tertiary/aromatic N) is 1. The van der Waals surface area contributed by atoms with Crippen LogP contribution >= 0.6 is 0 Å². The van der Waals surface area contributed by atoms with E-state index in [0.717, 1.165) is 6.26 Å². The van der Waals surface area contributed by atoms with Crippen molar-refractivity contribution in [2.75, 3.05) is 29.0 Å². The van der Waals surface area contributed by atoms with Crippen molar-refractivity contribution in [2.24, 2.45) is 0 Å². The first-order chi connectivity index (χ1) is 12.9. The maximum atomic E-state index is 12.7. The number of benzene rings is 2. The zero-order chi connectivity index (χ0) is 19.4. The molecule has 0 aromatic heterocycles. The Morgan fingerprint density at radius 1 is 1.33 bits per heavy atom. The fraction of sp³-hybridized carbons (Fsp3) is 0.211. The second-order valence-corrected chi connectivity index (χ2v) is 7.89. The molecule has 0 aliphatic carbocycles. The monoisotopic (exact) mass is 388 g/mol. The molecule has 1 aliphatic heterocycles. The molecule has 1 aliphatic rings. The van der Waals surface area contributed by atoms with E-state index in [4.69, 9.17) is 9.47 Å². The van der Waals surface area contributed by atoms with Crippen molar-refractivity contribution in [3.63, 3.8) is 0 Å². The van der Waals surface area contributed by atoms with Gasteiger partial charge in [0.2, 0.25) is 10.0 Å². The molecule has 0 radical (unpaired) electrons. The minimum Gasteiger partial charge on any atom is -0.489 e. The van der Waals surface area contributed by atoms with Gasteiger partial charge in [-0.3, -0.25) is 9.10 Å². The average Bonchev–Trinajstić information content (AvgIpc) is 2.65. The van der Waals surface area contributed by atoms with E-state index in [1.54, 1.807) is 54.6 Å². The van der Waals surface area contributed by atoms with Gasteiger partial charge in [0.25, 0.3) is 5.91 Å². The summed E-state index contributed by atoms with van der Waals surface area (Å²) >= 11 is 0. The largest absolute Gasteiger partial charge is 0.489 e. The zero-order valence-electron chi connectivity index (χ0n) is 14.8. The molecule has 0 bridgehead atoms. The second kappa shape index (κ2) is 7.71. The number of nitrogens with one attached hydrogen (secondary N) is 1. The van der Waals surface area contributed by atoms with E-state index in [2.05, 4.69) is 11.9 Å². The predicted octanol–water partition coefficient (Wildman–Crippen LogP) is 2.42. The molecule has 8 heteroatoms. The number of hydrogen-bond acceptors (Lipinski definition) is 5. The van der Waals surface area contributed by atoms with Gasteiger partial charge < -0.3 is 14.8 Å². The number of amides is 1. The Morgan fingerprint density at radius 3 is 2.85 bits per heavy atom. The smallest absolute Gasteiger partial charge is 0.267 e. The summed E-state index contributed by atoms with van der Waals surface area (Å²) in [5, 5.41) is 2.74. The summed E-state index contributed by atoms with van der Waals surface area (Å²) in [5.74, 6) is 0.483. The van der Waals surface area contributed by atoms with Gasteiger partial charge in [0.05, 0.1) is 18.5 Å². The Bertz CT molecular complexity index is 958.